The quantitative estimate of drug-likeness (QED) is 0.920. The molecule has 0 saturated heterocycles. The topological polar surface area (TPSA) is 41.6 Å². The summed E-state index contributed by atoms with van der Waals surface area (Å²) in [6.45, 7) is 10.1. The molecular formula is C17H26N2O2. The van der Waals surface area contributed by atoms with Crippen molar-refractivity contribution in [1.29, 1.82) is 0 Å². The summed E-state index contributed by atoms with van der Waals surface area (Å²) in [5.41, 5.74) is 3.25. The molecule has 116 valence electrons. The molecule has 0 saturated carbocycles. The summed E-state index contributed by atoms with van der Waals surface area (Å²) >= 11 is 0. The maximum Gasteiger partial charge on any atom is 0.410 e. The number of hydrogen-bond acceptors (Lipinski definition) is 3. The number of carbonyl (C=O) groups is 1. The third-order valence-electron chi connectivity index (χ3n) is 3.49. The van der Waals surface area contributed by atoms with Crippen LogP contribution >= 0.6 is 0 Å². The first-order valence-electron chi connectivity index (χ1n) is 7.73. The molecule has 1 N–H and O–H groups in total. The Bertz CT molecular complexity index is 506. The summed E-state index contributed by atoms with van der Waals surface area (Å²) in [4.78, 5) is 14.0. The van der Waals surface area contributed by atoms with Gasteiger partial charge in [0.2, 0.25) is 0 Å². The molecule has 0 unspecified atom stereocenters. The van der Waals surface area contributed by atoms with Gasteiger partial charge in [-0.05, 0) is 50.8 Å². The number of nitrogens with one attached hydrogen (secondary N) is 1. The summed E-state index contributed by atoms with van der Waals surface area (Å²) in [7, 11) is 0. The highest BCUT2D eigenvalue weighted by Gasteiger charge is 2.26. The molecule has 0 fully saturated rings. The number of anilines is 1. The van der Waals surface area contributed by atoms with Crippen LogP contribution in [0, 0.1) is 0 Å². The van der Waals surface area contributed by atoms with Crippen LogP contribution in [0.5, 0.6) is 0 Å². The van der Waals surface area contributed by atoms with Crippen LogP contribution in [0.3, 0.4) is 0 Å². The fraction of sp³-hybridized carbons (Fsp3) is 0.588. The van der Waals surface area contributed by atoms with E-state index >= 15 is 0 Å². The molecule has 1 aliphatic rings. The Morgan fingerprint density at radius 1 is 1.38 bits per heavy atom. The van der Waals surface area contributed by atoms with E-state index in [4.69, 9.17) is 4.74 Å². The summed E-state index contributed by atoms with van der Waals surface area (Å²) < 4.78 is 5.48. The number of benzene rings is 1. The summed E-state index contributed by atoms with van der Waals surface area (Å²) in [6, 6.07) is 6.33. The summed E-state index contributed by atoms with van der Waals surface area (Å²) in [6.07, 6.45) is 1.74. The van der Waals surface area contributed by atoms with E-state index in [1.165, 1.54) is 11.1 Å². The van der Waals surface area contributed by atoms with Gasteiger partial charge in [0.15, 0.2) is 0 Å². The average Bonchev–Trinajstić information content (AvgIpc) is 2.42. The molecule has 1 heterocycles. The molecule has 0 spiro atoms. The number of rotatable bonds is 3. The molecule has 1 aliphatic heterocycles. The van der Waals surface area contributed by atoms with Crippen LogP contribution in [-0.4, -0.2) is 29.7 Å². The Balaban J connectivity index is 2.13. The lowest BCUT2D eigenvalue weighted by molar-refractivity contribution is 0.0224. The van der Waals surface area contributed by atoms with Crippen LogP contribution < -0.4 is 5.32 Å². The van der Waals surface area contributed by atoms with Crippen LogP contribution in [0.15, 0.2) is 18.2 Å². The fourth-order valence-electron chi connectivity index (χ4n) is 2.49. The summed E-state index contributed by atoms with van der Waals surface area (Å²) in [5.74, 6) is 0. The smallest absolute Gasteiger partial charge is 0.410 e. The second-order valence-electron chi connectivity index (χ2n) is 6.52. The highest BCUT2D eigenvalue weighted by molar-refractivity contribution is 5.69. The van der Waals surface area contributed by atoms with E-state index in [1.54, 1.807) is 4.90 Å². The van der Waals surface area contributed by atoms with Crippen molar-refractivity contribution >= 4 is 11.8 Å². The van der Waals surface area contributed by atoms with E-state index in [1.807, 2.05) is 20.8 Å². The predicted octanol–water partition coefficient (Wildman–Crippen LogP) is 3.80. The minimum absolute atomic E-state index is 0.224. The number of ether oxygens (including phenoxy) is 1. The van der Waals surface area contributed by atoms with E-state index in [2.05, 4.69) is 30.4 Å². The molecule has 4 heteroatoms. The number of hydrogen-bond donors (Lipinski definition) is 1. The lowest BCUT2D eigenvalue weighted by atomic mass is 9.98. The van der Waals surface area contributed by atoms with Gasteiger partial charge < -0.3 is 15.0 Å². The fourth-order valence-corrected chi connectivity index (χ4v) is 2.49. The Morgan fingerprint density at radius 2 is 2.14 bits per heavy atom. The highest BCUT2D eigenvalue weighted by Crippen LogP contribution is 2.27. The van der Waals surface area contributed by atoms with Gasteiger partial charge in [-0.25, -0.2) is 4.79 Å². The van der Waals surface area contributed by atoms with Crippen molar-refractivity contribution in [1.82, 2.24) is 4.90 Å². The van der Waals surface area contributed by atoms with Crippen molar-refractivity contribution in [2.24, 2.45) is 0 Å². The zero-order valence-corrected chi connectivity index (χ0v) is 13.5. The normalized spacial score (nSPS) is 14.6. The molecule has 21 heavy (non-hydrogen) atoms. The van der Waals surface area contributed by atoms with E-state index < -0.39 is 5.60 Å². The highest BCUT2D eigenvalue weighted by atomic mass is 16.6. The Kier molecular flexibility index (Phi) is 4.76. The molecule has 4 nitrogen and oxygen atoms in total. The van der Waals surface area contributed by atoms with Crippen molar-refractivity contribution in [2.45, 2.75) is 52.7 Å². The first-order chi connectivity index (χ1) is 9.90. The van der Waals surface area contributed by atoms with Gasteiger partial charge in [0.1, 0.15) is 5.60 Å². The number of amides is 1. The SMILES string of the molecule is CCCNc1cccc2c1CN(C(=O)OC(C)(C)C)CC2. The summed E-state index contributed by atoms with van der Waals surface area (Å²) in [5, 5.41) is 3.45. The van der Waals surface area contributed by atoms with Gasteiger partial charge in [-0.1, -0.05) is 19.1 Å². The van der Waals surface area contributed by atoms with Crippen LogP contribution in [0.1, 0.15) is 45.2 Å². The lowest BCUT2D eigenvalue weighted by Gasteiger charge is -2.32. The Labute approximate surface area is 127 Å². The van der Waals surface area contributed by atoms with Crippen molar-refractivity contribution in [3.63, 3.8) is 0 Å². The van der Waals surface area contributed by atoms with Gasteiger partial charge in [0.25, 0.3) is 0 Å². The van der Waals surface area contributed by atoms with E-state index in [9.17, 15) is 4.79 Å². The van der Waals surface area contributed by atoms with Crippen molar-refractivity contribution < 1.29 is 9.53 Å². The second kappa shape index (κ2) is 6.37. The van der Waals surface area contributed by atoms with Crippen LogP contribution in [0.4, 0.5) is 10.5 Å². The number of nitrogens with zero attached hydrogens (tertiary/aromatic N) is 1. The molecular weight excluding hydrogens is 264 g/mol. The van der Waals surface area contributed by atoms with Gasteiger partial charge in [-0.3, -0.25) is 0 Å². The van der Waals surface area contributed by atoms with Crippen LogP contribution in [-0.2, 0) is 17.7 Å². The maximum atomic E-state index is 12.2. The molecule has 1 amide bonds. The lowest BCUT2D eigenvalue weighted by Crippen LogP contribution is -2.40. The molecule has 0 atom stereocenters. The zero-order chi connectivity index (χ0) is 15.5. The number of carbonyl (C=O) groups excluding carboxylic acids is 1. The van der Waals surface area contributed by atoms with Crippen molar-refractivity contribution in [3.05, 3.63) is 29.3 Å². The molecule has 0 aliphatic carbocycles. The van der Waals surface area contributed by atoms with Crippen molar-refractivity contribution in [2.75, 3.05) is 18.4 Å². The maximum absolute atomic E-state index is 12.2. The minimum Gasteiger partial charge on any atom is -0.444 e. The molecule has 1 aromatic carbocycles. The standard InChI is InChI=1S/C17H26N2O2/c1-5-10-18-15-8-6-7-13-9-11-19(12-14(13)15)16(20)21-17(2,3)4/h6-8,18H,5,9-12H2,1-4H3. The predicted molar refractivity (Wildman–Crippen MR) is 85.6 cm³/mol. The van der Waals surface area contributed by atoms with Crippen LogP contribution in [0.2, 0.25) is 0 Å². The minimum atomic E-state index is -0.447. The third-order valence-corrected chi connectivity index (χ3v) is 3.49. The Hall–Kier alpha value is -1.71. The molecule has 0 radical (unpaired) electrons. The van der Waals surface area contributed by atoms with E-state index in [0.29, 0.717) is 6.54 Å². The van der Waals surface area contributed by atoms with Gasteiger partial charge in [-0.15, -0.1) is 0 Å². The first-order valence-corrected chi connectivity index (χ1v) is 7.73. The Morgan fingerprint density at radius 3 is 2.81 bits per heavy atom. The monoisotopic (exact) mass is 290 g/mol. The molecule has 2 rings (SSSR count). The van der Waals surface area contributed by atoms with Gasteiger partial charge in [0.05, 0.1) is 6.54 Å². The van der Waals surface area contributed by atoms with Gasteiger partial charge in [0, 0.05) is 18.8 Å². The van der Waals surface area contributed by atoms with E-state index in [0.717, 1.165) is 31.6 Å². The largest absolute Gasteiger partial charge is 0.444 e. The third kappa shape index (κ3) is 4.13. The van der Waals surface area contributed by atoms with Gasteiger partial charge in [-0.2, -0.15) is 0 Å². The molecule has 1 aromatic rings. The van der Waals surface area contributed by atoms with Crippen LogP contribution in [0.25, 0.3) is 0 Å². The molecule has 0 aromatic heterocycles. The zero-order valence-electron chi connectivity index (χ0n) is 13.5. The van der Waals surface area contributed by atoms with Gasteiger partial charge >= 0.3 is 6.09 Å². The van der Waals surface area contributed by atoms with E-state index in [-0.39, 0.29) is 6.09 Å². The second-order valence-corrected chi connectivity index (χ2v) is 6.52. The average molecular weight is 290 g/mol. The first kappa shape index (κ1) is 15.7. The molecule has 0 bridgehead atoms. The number of fused-ring (bicyclic) bond motifs is 1. The van der Waals surface area contributed by atoms with Crippen molar-refractivity contribution in [3.8, 4) is 0 Å².